The number of piperidine rings is 1. The molecule has 16 heavy (non-hydrogen) atoms. The second kappa shape index (κ2) is 8.97. The maximum atomic E-state index is 5.89. The van der Waals surface area contributed by atoms with Crippen LogP contribution in [0.5, 0.6) is 0 Å². The molecule has 0 aromatic heterocycles. The normalized spacial score (nSPS) is 19.9. The standard InChI is InChI=1S/C13H28N2O/c1-3-7-14-8-4-12(2)16-11-13-5-9-15-10-6-13/h12-15H,3-11H2,1-2H3. The lowest BCUT2D eigenvalue weighted by Crippen LogP contribution is -2.31. The maximum Gasteiger partial charge on any atom is 0.0559 e. The van der Waals surface area contributed by atoms with Crippen molar-refractivity contribution in [2.24, 2.45) is 5.92 Å². The smallest absolute Gasteiger partial charge is 0.0559 e. The first-order chi connectivity index (χ1) is 7.83. The van der Waals surface area contributed by atoms with E-state index in [2.05, 4.69) is 24.5 Å². The summed E-state index contributed by atoms with van der Waals surface area (Å²) in [5.41, 5.74) is 0. The first-order valence-corrected chi connectivity index (χ1v) is 6.86. The fraction of sp³-hybridized carbons (Fsp3) is 1.00. The van der Waals surface area contributed by atoms with Gasteiger partial charge in [0.05, 0.1) is 6.10 Å². The molecule has 1 aliphatic rings. The molecule has 0 amide bonds. The fourth-order valence-corrected chi connectivity index (χ4v) is 2.04. The number of hydrogen-bond donors (Lipinski definition) is 2. The molecule has 1 aliphatic heterocycles. The monoisotopic (exact) mass is 228 g/mol. The van der Waals surface area contributed by atoms with Crippen molar-refractivity contribution >= 4 is 0 Å². The molecular formula is C13H28N2O. The lowest BCUT2D eigenvalue weighted by Gasteiger charge is -2.24. The highest BCUT2D eigenvalue weighted by Gasteiger charge is 2.14. The van der Waals surface area contributed by atoms with Gasteiger partial charge < -0.3 is 15.4 Å². The van der Waals surface area contributed by atoms with Crippen LogP contribution in [-0.2, 0) is 4.74 Å². The number of rotatable bonds is 8. The number of nitrogens with one attached hydrogen (secondary N) is 2. The molecule has 0 saturated carbocycles. The molecule has 0 aromatic carbocycles. The molecule has 0 aliphatic carbocycles. The van der Waals surface area contributed by atoms with Crippen LogP contribution in [-0.4, -0.2) is 38.9 Å². The van der Waals surface area contributed by atoms with Gasteiger partial charge in [-0.3, -0.25) is 0 Å². The predicted molar refractivity (Wildman–Crippen MR) is 68.8 cm³/mol. The zero-order valence-electron chi connectivity index (χ0n) is 10.9. The van der Waals surface area contributed by atoms with Crippen molar-refractivity contribution in [1.82, 2.24) is 10.6 Å². The highest BCUT2D eigenvalue weighted by molar-refractivity contribution is 4.68. The van der Waals surface area contributed by atoms with Crippen LogP contribution in [0.25, 0.3) is 0 Å². The molecule has 1 atom stereocenters. The third-order valence-corrected chi connectivity index (χ3v) is 3.23. The van der Waals surface area contributed by atoms with E-state index in [1.807, 2.05) is 0 Å². The van der Waals surface area contributed by atoms with Crippen LogP contribution in [0, 0.1) is 5.92 Å². The molecule has 0 aromatic rings. The van der Waals surface area contributed by atoms with Crippen LogP contribution in [0.2, 0.25) is 0 Å². The van der Waals surface area contributed by atoms with Crippen molar-refractivity contribution in [3.8, 4) is 0 Å². The highest BCUT2D eigenvalue weighted by Crippen LogP contribution is 2.13. The van der Waals surface area contributed by atoms with Gasteiger partial charge in [0.25, 0.3) is 0 Å². The van der Waals surface area contributed by atoms with Crippen LogP contribution in [0.15, 0.2) is 0 Å². The fourth-order valence-electron chi connectivity index (χ4n) is 2.04. The van der Waals surface area contributed by atoms with Crippen LogP contribution in [0.1, 0.15) is 39.5 Å². The Hall–Kier alpha value is -0.120. The quantitative estimate of drug-likeness (QED) is 0.621. The molecule has 3 heteroatoms. The molecule has 0 bridgehead atoms. The van der Waals surface area contributed by atoms with Crippen molar-refractivity contribution in [2.75, 3.05) is 32.8 Å². The Labute approximate surface area is 100 Å². The molecule has 1 rings (SSSR count). The molecule has 1 heterocycles. The Bertz CT molecular complexity index is 158. The van der Waals surface area contributed by atoms with E-state index < -0.39 is 0 Å². The summed E-state index contributed by atoms with van der Waals surface area (Å²) >= 11 is 0. The Balaban J connectivity index is 1.94. The Morgan fingerprint density at radius 1 is 1.31 bits per heavy atom. The van der Waals surface area contributed by atoms with E-state index >= 15 is 0 Å². The van der Waals surface area contributed by atoms with E-state index in [4.69, 9.17) is 4.74 Å². The van der Waals surface area contributed by atoms with Gasteiger partial charge in [-0.05, 0) is 64.7 Å². The third-order valence-electron chi connectivity index (χ3n) is 3.23. The first-order valence-electron chi connectivity index (χ1n) is 6.86. The zero-order chi connectivity index (χ0) is 11.6. The summed E-state index contributed by atoms with van der Waals surface area (Å²) in [6.07, 6.45) is 5.30. The average molecular weight is 228 g/mol. The molecule has 96 valence electrons. The van der Waals surface area contributed by atoms with Crippen LogP contribution in [0.3, 0.4) is 0 Å². The maximum absolute atomic E-state index is 5.89. The molecule has 2 N–H and O–H groups in total. The van der Waals surface area contributed by atoms with Gasteiger partial charge in [0, 0.05) is 6.61 Å². The average Bonchev–Trinajstić information content (AvgIpc) is 2.33. The van der Waals surface area contributed by atoms with Gasteiger partial charge >= 0.3 is 0 Å². The summed E-state index contributed by atoms with van der Waals surface area (Å²) < 4.78 is 5.89. The largest absolute Gasteiger partial charge is 0.378 e. The van der Waals surface area contributed by atoms with Crippen molar-refractivity contribution in [3.63, 3.8) is 0 Å². The lowest BCUT2D eigenvalue weighted by molar-refractivity contribution is 0.0286. The summed E-state index contributed by atoms with van der Waals surface area (Å²) in [6.45, 7) is 9.89. The van der Waals surface area contributed by atoms with Crippen molar-refractivity contribution in [2.45, 2.75) is 45.6 Å². The lowest BCUT2D eigenvalue weighted by atomic mass is 9.99. The summed E-state index contributed by atoms with van der Waals surface area (Å²) in [6, 6.07) is 0. The van der Waals surface area contributed by atoms with Crippen LogP contribution < -0.4 is 10.6 Å². The van der Waals surface area contributed by atoms with Crippen molar-refractivity contribution in [1.29, 1.82) is 0 Å². The SMILES string of the molecule is CCCNCCC(C)OCC1CCNCC1. The second-order valence-electron chi connectivity index (χ2n) is 4.88. The minimum absolute atomic E-state index is 0.402. The zero-order valence-corrected chi connectivity index (χ0v) is 10.9. The summed E-state index contributed by atoms with van der Waals surface area (Å²) in [7, 11) is 0. The van der Waals surface area contributed by atoms with E-state index in [1.54, 1.807) is 0 Å². The van der Waals surface area contributed by atoms with Gasteiger partial charge in [0.1, 0.15) is 0 Å². The van der Waals surface area contributed by atoms with E-state index in [9.17, 15) is 0 Å². The minimum atomic E-state index is 0.402. The third kappa shape index (κ3) is 6.46. The Morgan fingerprint density at radius 3 is 2.75 bits per heavy atom. The van der Waals surface area contributed by atoms with Crippen molar-refractivity contribution in [3.05, 3.63) is 0 Å². The molecule has 1 fully saturated rings. The predicted octanol–water partition coefficient (Wildman–Crippen LogP) is 1.78. The van der Waals surface area contributed by atoms with Crippen molar-refractivity contribution < 1.29 is 4.74 Å². The van der Waals surface area contributed by atoms with Gasteiger partial charge in [-0.15, -0.1) is 0 Å². The number of hydrogen-bond acceptors (Lipinski definition) is 3. The molecule has 1 unspecified atom stereocenters. The summed E-state index contributed by atoms with van der Waals surface area (Å²) in [5.74, 6) is 0.785. The van der Waals surface area contributed by atoms with E-state index in [0.717, 1.165) is 32.0 Å². The summed E-state index contributed by atoms with van der Waals surface area (Å²) in [4.78, 5) is 0. The molecule has 0 spiro atoms. The van der Waals surface area contributed by atoms with Crippen LogP contribution in [0.4, 0.5) is 0 Å². The number of ether oxygens (including phenoxy) is 1. The Kier molecular flexibility index (Phi) is 7.81. The molecule has 3 nitrogen and oxygen atoms in total. The topological polar surface area (TPSA) is 33.3 Å². The van der Waals surface area contributed by atoms with E-state index in [0.29, 0.717) is 6.10 Å². The van der Waals surface area contributed by atoms with E-state index in [1.165, 1.54) is 32.4 Å². The van der Waals surface area contributed by atoms with E-state index in [-0.39, 0.29) is 0 Å². The van der Waals surface area contributed by atoms with Gasteiger partial charge in [-0.25, -0.2) is 0 Å². The van der Waals surface area contributed by atoms with Crippen LogP contribution >= 0.6 is 0 Å². The second-order valence-corrected chi connectivity index (χ2v) is 4.88. The minimum Gasteiger partial charge on any atom is -0.378 e. The highest BCUT2D eigenvalue weighted by atomic mass is 16.5. The molecule has 1 saturated heterocycles. The van der Waals surface area contributed by atoms with Gasteiger partial charge in [0.15, 0.2) is 0 Å². The van der Waals surface area contributed by atoms with Gasteiger partial charge in [0.2, 0.25) is 0 Å². The van der Waals surface area contributed by atoms with Gasteiger partial charge in [-0.1, -0.05) is 6.92 Å². The molecule has 0 radical (unpaired) electrons. The molecular weight excluding hydrogens is 200 g/mol. The summed E-state index contributed by atoms with van der Waals surface area (Å²) in [5, 5.41) is 6.80. The first kappa shape index (κ1) is 13.9. The Morgan fingerprint density at radius 2 is 2.06 bits per heavy atom. The van der Waals surface area contributed by atoms with Gasteiger partial charge in [-0.2, -0.15) is 0 Å².